The lowest BCUT2D eigenvalue weighted by molar-refractivity contribution is -0.138. The van der Waals surface area contributed by atoms with Crippen LogP contribution in [-0.4, -0.2) is 28.3 Å². The molecule has 2 atom stereocenters. The molecule has 1 aromatic carbocycles. The van der Waals surface area contributed by atoms with Gasteiger partial charge >= 0.3 is 13.6 Å². The maximum absolute atomic E-state index is 11.6. The van der Waals surface area contributed by atoms with E-state index in [9.17, 15) is 14.3 Å². The van der Waals surface area contributed by atoms with E-state index in [1.165, 1.54) is 6.92 Å². The van der Waals surface area contributed by atoms with Gasteiger partial charge in [-0.1, -0.05) is 18.2 Å². The summed E-state index contributed by atoms with van der Waals surface area (Å²) in [6, 6.07) is 7.27. The van der Waals surface area contributed by atoms with E-state index in [4.69, 9.17) is 9.63 Å². The van der Waals surface area contributed by atoms with Gasteiger partial charge in [0.15, 0.2) is 0 Å². The number of rotatable bonds is 6. The molecule has 0 heterocycles. The van der Waals surface area contributed by atoms with E-state index in [0.29, 0.717) is 0 Å². The molecule has 3 N–H and O–H groups in total. The van der Waals surface area contributed by atoms with Gasteiger partial charge in [-0.3, -0.25) is 10.1 Å². The number of nitrogens with one attached hydrogen (secondary N) is 1. The molecule has 1 rings (SSSR count). The Labute approximate surface area is 98.8 Å². The first-order valence-corrected chi connectivity index (χ1v) is 6.69. The Hall–Kier alpha value is -1.36. The van der Waals surface area contributed by atoms with Crippen molar-refractivity contribution in [2.45, 2.75) is 13.0 Å². The molecule has 0 saturated carbocycles. The van der Waals surface area contributed by atoms with Crippen LogP contribution < -0.4 is 9.84 Å². The molecule has 0 spiro atoms. The third-order valence-electron chi connectivity index (χ3n) is 1.96. The molecule has 2 unspecified atom stereocenters. The van der Waals surface area contributed by atoms with Crippen molar-refractivity contribution in [3.8, 4) is 5.75 Å². The number of benzene rings is 1. The second kappa shape index (κ2) is 5.82. The van der Waals surface area contributed by atoms with Gasteiger partial charge in [0.25, 0.3) is 0 Å². The number of carboxylic acids is 1. The van der Waals surface area contributed by atoms with Gasteiger partial charge in [0.05, 0.1) is 0 Å². The van der Waals surface area contributed by atoms with Gasteiger partial charge in [0.2, 0.25) is 0 Å². The molecule has 0 aromatic heterocycles. The first-order valence-electron chi connectivity index (χ1n) is 4.93. The second-order valence-corrected chi connectivity index (χ2v) is 5.24. The summed E-state index contributed by atoms with van der Waals surface area (Å²) >= 11 is 0. The first kappa shape index (κ1) is 13.7. The third-order valence-corrected chi connectivity index (χ3v) is 3.04. The zero-order valence-corrected chi connectivity index (χ0v) is 10.1. The summed E-state index contributed by atoms with van der Waals surface area (Å²) < 4.78 is 16.5. The summed E-state index contributed by atoms with van der Waals surface area (Å²) in [5.74, 6) is -0.826. The van der Waals surface area contributed by atoms with Crippen molar-refractivity contribution < 1.29 is 23.9 Å². The van der Waals surface area contributed by atoms with Crippen LogP contribution in [-0.2, 0) is 9.36 Å². The fourth-order valence-corrected chi connectivity index (χ4v) is 2.04. The third kappa shape index (κ3) is 4.99. The molecule has 0 fully saturated rings. The van der Waals surface area contributed by atoms with E-state index in [1.54, 1.807) is 30.3 Å². The molecule has 0 bridgehead atoms. The van der Waals surface area contributed by atoms with Crippen LogP contribution in [0.2, 0.25) is 0 Å². The summed E-state index contributed by atoms with van der Waals surface area (Å²) in [5.41, 5.74) is 0. The predicted molar refractivity (Wildman–Crippen MR) is 62.0 cm³/mol. The Bertz CT molecular complexity index is 422. The minimum Gasteiger partial charge on any atom is -0.480 e. The first-order chi connectivity index (χ1) is 7.91. The average Bonchev–Trinajstić information content (AvgIpc) is 2.26. The van der Waals surface area contributed by atoms with E-state index in [2.05, 4.69) is 5.32 Å². The highest BCUT2D eigenvalue weighted by atomic mass is 31.2. The number of carbonyl (C=O) groups is 1. The summed E-state index contributed by atoms with van der Waals surface area (Å²) in [7, 11) is -3.88. The average molecular weight is 259 g/mol. The predicted octanol–water partition coefficient (Wildman–Crippen LogP) is 1.27. The topological polar surface area (TPSA) is 95.9 Å². The lowest BCUT2D eigenvalue weighted by atomic mass is 10.3. The van der Waals surface area contributed by atoms with Crippen LogP contribution in [0.15, 0.2) is 30.3 Å². The lowest BCUT2D eigenvalue weighted by Crippen LogP contribution is -2.34. The maximum atomic E-state index is 11.6. The number of hydrogen-bond acceptors (Lipinski definition) is 4. The Balaban J connectivity index is 2.52. The quantitative estimate of drug-likeness (QED) is 0.666. The molecule has 0 saturated heterocycles. The van der Waals surface area contributed by atoms with Crippen molar-refractivity contribution in [2.24, 2.45) is 0 Å². The number of carboxylic acid groups (broad SMARTS) is 1. The molecule has 94 valence electrons. The number of aliphatic carboxylic acids is 1. The Morgan fingerprint density at radius 3 is 2.59 bits per heavy atom. The second-order valence-electron chi connectivity index (χ2n) is 3.46. The highest BCUT2D eigenvalue weighted by molar-refractivity contribution is 7.53. The molecule has 0 amide bonds. The van der Waals surface area contributed by atoms with Crippen LogP contribution in [0.5, 0.6) is 5.75 Å². The van der Waals surface area contributed by atoms with Gasteiger partial charge < -0.3 is 14.5 Å². The molecule has 6 nitrogen and oxygen atoms in total. The molecular weight excluding hydrogens is 245 g/mol. The molecule has 17 heavy (non-hydrogen) atoms. The van der Waals surface area contributed by atoms with Crippen LogP contribution in [0.25, 0.3) is 0 Å². The van der Waals surface area contributed by atoms with E-state index in [-0.39, 0.29) is 5.75 Å². The van der Waals surface area contributed by atoms with Gasteiger partial charge in [-0.25, -0.2) is 4.57 Å². The Morgan fingerprint density at radius 2 is 2.06 bits per heavy atom. The highest BCUT2D eigenvalue weighted by Crippen LogP contribution is 2.41. The SMILES string of the molecule is CC(NCP(=O)(O)Oc1ccccc1)C(=O)O. The van der Waals surface area contributed by atoms with Crippen molar-refractivity contribution in [3.05, 3.63) is 30.3 Å². The summed E-state index contributed by atoms with van der Waals surface area (Å²) in [6.45, 7) is 1.38. The minimum absolute atomic E-state index is 0.267. The maximum Gasteiger partial charge on any atom is 0.390 e. The molecule has 0 aliphatic carbocycles. The van der Waals surface area contributed by atoms with Crippen LogP contribution in [0.3, 0.4) is 0 Å². The van der Waals surface area contributed by atoms with E-state index < -0.39 is 25.9 Å². The smallest absolute Gasteiger partial charge is 0.390 e. The summed E-state index contributed by atoms with van der Waals surface area (Å²) in [6.07, 6.45) is -0.421. The monoisotopic (exact) mass is 259 g/mol. The summed E-state index contributed by atoms with van der Waals surface area (Å²) in [4.78, 5) is 20.0. The van der Waals surface area contributed by atoms with Crippen molar-refractivity contribution in [1.82, 2.24) is 5.32 Å². The number of hydrogen-bond donors (Lipinski definition) is 3. The van der Waals surface area contributed by atoms with Crippen LogP contribution >= 0.6 is 7.60 Å². The fourth-order valence-electron chi connectivity index (χ4n) is 1.02. The van der Waals surface area contributed by atoms with Crippen LogP contribution in [0.1, 0.15) is 6.92 Å². The zero-order valence-electron chi connectivity index (χ0n) is 9.24. The zero-order chi connectivity index (χ0) is 12.9. The van der Waals surface area contributed by atoms with Crippen LogP contribution in [0.4, 0.5) is 0 Å². The van der Waals surface area contributed by atoms with E-state index >= 15 is 0 Å². The van der Waals surface area contributed by atoms with Crippen molar-refractivity contribution in [3.63, 3.8) is 0 Å². The highest BCUT2D eigenvalue weighted by Gasteiger charge is 2.23. The van der Waals surface area contributed by atoms with E-state index in [0.717, 1.165) is 0 Å². The normalized spacial score (nSPS) is 15.9. The Kier molecular flexibility index (Phi) is 4.69. The van der Waals surface area contributed by atoms with Gasteiger partial charge in [-0.15, -0.1) is 0 Å². The van der Waals surface area contributed by atoms with Gasteiger partial charge in [-0.2, -0.15) is 0 Å². The van der Waals surface area contributed by atoms with Crippen molar-refractivity contribution in [2.75, 3.05) is 6.29 Å². The fraction of sp³-hybridized carbons (Fsp3) is 0.300. The number of para-hydroxylation sites is 1. The van der Waals surface area contributed by atoms with Crippen molar-refractivity contribution in [1.29, 1.82) is 0 Å². The molecule has 0 aliphatic rings. The molecular formula is C10H14NO5P. The van der Waals surface area contributed by atoms with Crippen LogP contribution in [0, 0.1) is 0 Å². The lowest BCUT2D eigenvalue weighted by Gasteiger charge is -2.15. The standard InChI is InChI=1S/C10H14NO5P/c1-8(10(12)13)11-7-17(14,15)16-9-5-3-2-4-6-9/h2-6,8,11H,7H2,1H3,(H,12,13)(H,14,15). The molecule has 7 heteroatoms. The molecule has 0 aliphatic heterocycles. The largest absolute Gasteiger partial charge is 0.480 e. The summed E-state index contributed by atoms with van der Waals surface area (Å²) in [5, 5.41) is 11.0. The van der Waals surface area contributed by atoms with Gasteiger partial charge in [0.1, 0.15) is 18.1 Å². The molecule has 0 radical (unpaired) electrons. The molecule has 1 aromatic rings. The van der Waals surface area contributed by atoms with E-state index in [1.807, 2.05) is 0 Å². The minimum atomic E-state index is -3.88. The van der Waals surface area contributed by atoms with Gasteiger partial charge in [-0.05, 0) is 19.1 Å². The Morgan fingerprint density at radius 1 is 1.47 bits per heavy atom. The van der Waals surface area contributed by atoms with Crippen molar-refractivity contribution >= 4 is 13.6 Å². The van der Waals surface area contributed by atoms with Gasteiger partial charge in [0, 0.05) is 0 Å².